The highest BCUT2D eigenvalue weighted by Crippen LogP contribution is 2.54. The van der Waals surface area contributed by atoms with Gasteiger partial charge in [0.05, 0.1) is 0 Å². The summed E-state index contributed by atoms with van der Waals surface area (Å²) in [6.45, 7) is 6.91. The van der Waals surface area contributed by atoms with Gasteiger partial charge < -0.3 is 0 Å². The molecule has 0 radical (unpaired) electrons. The summed E-state index contributed by atoms with van der Waals surface area (Å²) in [4.78, 5) is 10.8. The van der Waals surface area contributed by atoms with Crippen LogP contribution < -0.4 is 0 Å². The maximum Gasteiger partial charge on any atom is 0.142 e. The highest BCUT2D eigenvalue weighted by atomic mass is 16.1. The molecule has 0 bridgehead atoms. The lowest BCUT2D eigenvalue weighted by Gasteiger charge is -2.48. The van der Waals surface area contributed by atoms with Crippen LogP contribution in [0.25, 0.3) is 0 Å². The molecule has 0 unspecified atom stereocenters. The van der Waals surface area contributed by atoms with Crippen LogP contribution in [0.2, 0.25) is 0 Å². The van der Waals surface area contributed by atoms with E-state index in [1.54, 1.807) is 0 Å². The second-order valence-electron chi connectivity index (χ2n) is 5.68. The molecule has 0 saturated heterocycles. The summed E-state index contributed by atoms with van der Waals surface area (Å²) in [6.07, 6.45) is 10.1. The van der Waals surface area contributed by atoms with E-state index in [4.69, 9.17) is 0 Å². The van der Waals surface area contributed by atoms with Crippen molar-refractivity contribution in [3.63, 3.8) is 0 Å². The van der Waals surface area contributed by atoms with Crippen LogP contribution in [0.15, 0.2) is 23.3 Å². The maximum atomic E-state index is 10.8. The van der Waals surface area contributed by atoms with Gasteiger partial charge in [-0.05, 0) is 55.9 Å². The van der Waals surface area contributed by atoms with Crippen LogP contribution in [0.5, 0.6) is 0 Å². The highest BCUT2D eigenvalue weighted by molar-refractivity contribution is 5.66. The molecule has 3 atom stereocenters. The van der Waals surface area contributed by atoms with Crippen molar-refractivity contribution >= 4 is 6.29 Å². The van der Waals surface area contributed by atoms with Gasteiger partial charge in [0.15, 0.2) is 0 Å². The molecule has 0 aromatic carbocycles. The summed E-state index contributed by atoms with van der Waals surface area (Å²) in [5, 5.41) is 0. The molecule has 1 saturated carbocycles. The number of fused-ring (bicyclic) bond motifs is 1. The second-order valence-corrected chi connectivity index (χ2v) is 5.68. The molecule has 88 valence electrons. The third kappa shape index (κ3) is 1.66. The smallest absolute Gasteiger partial charge is 0.142 e. The molecule has 0 aliphatic heterocycles. The summed E-state index contributed by atoms with van der Waals surface area (Å²) in [5.74, 6) is 1.20. The first-order valence-electron chi connectivity index (χ1n) is 6.42. The van der Waals surface area contributed by atoms with Crippen molar-refractivity contribution in [1.29, 1.82) is 0 Å². The van der Waals surface area contributed by atoms with Crippen LogP contribution in [0, 0.1) is 17.3 Å². The van der Waals surface area contributed by atoms with E-state index in [9.17, 15) is 4.79 Å². The normalized spacial score (nSPS) is 41.4. The van der Waals surface area contributed by atoms with E-state index in [-0.39, 0.29) is 0 Å². The van der Waals surface area contributed by atoms with E-state index < -0.39 is 0 Å². The van der Waals surface area contributed by atoms with Crippen LogP contribution in [0.3, 0.4) is 0 Å². The predicted octanol–water partition coefficient (Wildman–Crippen LogP) is 3.90. The first-order chi connectivity index (χ1) is 7.59. The van der Waals surface area contributed by atoms with E-state index in [0.29, 0.717) is 17.3 Å². The fourth-order valence-corrected chi connectivity index (χ4v) is 3.58. The van der Waals surface area contributed by atoms with Crippen LogP contribution >= 0.6 is 0 Å². The molecule has 0 aromatic rings. The van der Waals surface area contributed by atoms with Crippen LogP contribution in [0.4, 0.5) is 0 Å². The lowest BCUT2D eigenvalue weighted by Crippen LogP contribution is -2.38. The Bertz CT molecular complexity index is 350. The van der Waals surface area contributed by atoms with Crippen molar-refractivity contribution in [3.05, 3.63) is 23.3 Å². The minimum absolute atomic E-state index is 0.319. The molecule has 1 nitrogen and oxygen atoms in total. The van der Waals surface area contributed by atoms with E-state index in [1.807, 2.05) is 6.08 Å². The maximum absolute atomic E-state index is 10.8. The van der Waals surface area contributed by atoms with Gasteiger partial charge in [0, 0.05) is 0 Å². The molecule has 0 aromatic heterocycles. The van der Waals surface area contributed by atoms with Crippen molar-refractivity contribution in [2.45, 2.75) is 46.5 Å². The Morgan fingerprint density at radius 2 is 2.19 bits per heavy atom. The third-order valence-corrected chi connectivity index (χ3v) is 4.90. The Balaban J connectivity index is 2.40. The van der Waals surface area contributed by atoms with E-state index in [2.05, 4.69) is 26.8 Å². The molecule has 0 N–H and O–H groups in total. The molecule has 1 heteroatoms. The number of hydrogen-bond acceptors (Lipinski definition) is 1. The molecular formula is C15H22O. The van der Waals surface area contributed by atoms with Crippen LogP contribution in [0.1, 0.15) is 46.5 Å². The Kier molecular flexibility index (Phi) is 3.05. The fourth-order valence-electron chi connectivity index (χ4n) is 3.58. The Morgan fingerprint density at radius 3 is 2.88 bits per heavy atom. The first-order valence-corrected chi connectivity index (χ1v) is 6.42. The van der Waals surface area contributed by atoms with Gasteiger partial charge in [-0.3, -0.25) is 4.79 Å². The lowest BCUT2D eigenvalue weighted by molar-refractivity contribution is -0.104. The Morgan fingerprint density at radius 1 is 1.44 bits per heavy atom. The quantitative estimate of drug-likeness (QED) is 0.370. The van der Waals surface area contributed by atoms with Crippen LogP contribution in [-0.2, 0) is 4.79 Å². The highest BCUT2D eigenvalue weighted by Gasteiger charge is 2.43. The number of allylic oxidation sites excluding steroid dienone is 4. The predicted molar refractivity (Wildman–Crippen MR) is 67.1 cm³/mol. The number of hydrogen-bond donors (Lipinski definition) is 0. The third-order valence-electron chi connectivity index (χ3n) is 4.90. The number of aldehydes is 1. The Labute approximate surface area is 98.6 Å². The summed E-state index contributed by atoms with van der Waals surface area (Å²) in [7, 11) is 0. The van der Waals surface area contributed by atoms with Crippen LogP contribution in [-0.4, -0.2) is 6.29 Å². The average Bonchev–Trinajstić information content (AvgIpc) is 2.26. The summed E-state index contributed by atoms with van der Waals surface area (Å²) in [5.41, 5.74) is 3.25. The monoisotopic (exact) mass is 218 g/mol. The van der Waals surface area contributed by atoms with Crippen molar-refractivity contribution in [3.8, 4) is 0 Å². The molecule has 1 fully saturated rings. The molecule has 2 aliphatic rings. The lowest BCUT2D eigenvalue weighted by atomic mass is 9.56. The largest absolute Gasteiger partial charge is 0.299 e. The van der Waals surface area contributed by atoms with Gasteiger partial charge in [0.1, 0.15) is 6.29 Å². The summed E-state index contributed by atoms with van der Waals surface area (Å²) in [6, 6.07) is 0. The zero-order chi connectivity index (χ0) is 11.8. The van der Waals surface area contributed by atoms with Gasteiger partial charge in [-0.1, -0.05) is 31.1 Å². The van der Waals surface area contributed by atoms with Crippen molar-refractivity contribution in [2.24, 2.45) is 17.3 Å². The topological polar surface area (TPSA) is 17.1 Å². The standard InChI is InChI=1S/C15H22O/c1-11-7-9-15(3)12(2)5-4-6-14(15)13(11)8-10-16/h5,8,10-11,14H,4,6-7,9H2,1-3H3/b13-8+/t11-,14-,15+/m1/s1. The average molecular weight is 218 g/mol. The SMILES string of the molecule is CC1=CCC[C@@H]2/C(=C/C=O)[C@H](C)CC[C@@]12C. The van der Waals surface area contributed by atoms with Gasteiger partial charge in [-0.25, -0.2) is 0 Å². The molecule has 2 rings (SSSR count). The molecule has 2 aliphatic carbocycles. The van der Waals surface area contributed by atoms with Crippen molar-refractivity contribution < 1.29 is 4.79 Å². The zero-order valence-electron chi connectivity index (χ0n) is 10.6. The van der Waals surface area contributed by atoms with E-state index in [1.165, 1.54) is 36.8 Å². The van der Waals surface area contributed by atoms with Crippen molar-refractivity contribution in [2.75, 3.05) is 0 Å². The number of carbonyl (C=O) groups is 1. The first kappa shape index (κ1) is 11.6. The van der Waals surface area contributed by atoms with E-state index >= 15 is 0 Å². The summed E-state index contributed by atoms with van der Waals surface area (Å²) >= 11 is 0. The minimum Gasteiger partial charge on any atom is -0.299 e. The molecule has 0 spiro atoms. The second kappa shape index (κ2) is 4.20. The summed E-state index contributed by atoms with van der Waals surface area (Å²) < 4.78 is 0. The van der Waals surface area contributed by atoms with Gasteiger partial charge >= 0.3 is 0 Å². The number of rotatable bonds is 1. The molecular weight excluding hydrogens is 196 g/mol. The van der Waals surface area contributed by atoms with Gasteiger partial charge in [-0.2, -0.15) is 0 Å². The molecule has 0 amide bonds. The zero-order valence-corrected chi connectivity index (χ0v) is 10.6. The number of carbonyl (C=O) groups excluding carboxylic acids is 1. The fraction of sp³-hybridized carbons (Fsp3) is 0.667. The molecule has 16 heavy (non-hydrogen) atoms. The Hall–Kier alpha value is -0.850. The van der Waals surface area contributed by atoms with Gasteiger partial charge in [0.2, 0.25) is 0 Å². The van der Waals surface area contributed by atoms with E-state index in [0.717, 1.165) is 6.29 Å². The van der Waals surface area contributed by atoms with Crippen molar-refractivity contribution in [1.82, 2.24) is 0 Å². The minimum atomic E-state index is 0.319. The van der Waals surface area contributed by atoms with Gasteiger partial charge in [-0.15, -0.1) is 0 Å². The molecule has 0 heterocycles. The van der Waals surface area contributed by atoms with Gasteiger partial charge in [0.25, 0.3) is 0 Å².